The number of hydrogen-bond donors (Lipinski definition) is 0. The summed E-state index contributed by atoms with van der Waals surface area (Å²) in [6, 6.07) is 4.80. The van der Waals surface area contributed by atoms with Gasteiger partial charge in [0.1, 0.15) is 12.1 Å². The normalized spacial score (nSPS) is 10.5. The van der Waals surface area contributed by atoms with Gasteiger partial charge >= 0.3 is 0 Å². The fraction of sp³-hybridized carbons (Fsp3) is 0.111. The molecule has 0 atom stereocenters. The van der Waals surface area contributed by atoms with Gasteiger partial charge in [0.2, 0.25) is 0 Å². The predicted molar refractivity (Wildman–Crippen MR) is 54.1 cm³/mol. The lowest BCUT2D eigenvalue weighted by Crippen LogP contribution is -1.90. The van der Waals surface area contributed by atoms with Crippen molar-refractivity contribution in [2.75, 3.05) is 0 Å². The van der Waals surface area contributed by atoms with Gasteiger partial charge in [0.05, 0.1) is 5.56 Å². The highest BCUT2D eigenvalue weighted by atomic mass is 79.9. The third-order valence-electron chi connectivity index (χ3n) is 1.77. The Morgan fingerprint density at radius 1 is 1.43 bits per heavy atom. The van der Waals surface area contributed by atoms with Gasteiger partial charge in [0.25, 0.3) is 0 Å². The highest BCUT2D eigenvalue weighted by Gasteiger charge is 2.08. The average Bonchev–Trinajstić information content (AvgIpc) is 2.51. The maximum atomic E-state index is 13.4. The lowest BCUT2D eigenvalue weighted by atomic mass is 10.2. The first kappa shape index (κ1) is 9.33. The number of halogens is 2. The van der Waals surface area contributed by atoms with Crippen molar-refractivity contribution >= 4 is 15.9 Å². The predicted octanol–water partition coefficient (Wildman–Crippen LogP) is 2.38. The van der Waals surface area contributed by atoms with E-state index in [2.05, 4.69) is 26.0 Å². The molecule has 0 N–H and O–H groups in total. The van der Waals surface area contributed by atoms with Gasteiger partial charge in [-0.15, -0.1) is 0 Å². The van der Waals surface area contributed by atoms with E-state index in [9.17, 15) is 4.39 Å². The number of aryl methyl sites for hydroxylation is 1. The average molecular weight is 256 g/mol. The lowest BCUT2D eigenvalue weighted by Gasteiger charge is -1.98. The van der Waals surface area contributed by atoms with Gasteiger partial charge in [0, 0.05) is 11.5 Å². The van der Waals surface area contributed by atoms with Gasteiger partial charge in [0.15, 0.2) is 5.82 Å². The van der Waals surface area contributed by atoms with E-state index in [1.807, 2.05) is 0 Å². The Morgan fingerprint density at radius 3 is 2.79 bits per heavy atom. The van der Waals surface area contributed by atoms with Crippen molar-refractivity contribution in [3.63, 3.8) is 0 Å². The molecule has 0 bridgehead atoms. The number of benzene rings is 1. The Hall–Kier alpha value is -1.23. The second kappa shape index (κ2) is 3.49. The largest absolute Gasteiger partial charge is 0.255 e. The minimum atomic E-state index is -0.328. The number of nitrogens with zero attached hydrogens (tertiary/aromatic N) is 3. The Morgan fingerprint density at radius 2 is 2.21 bits per heavy atom. The van der Waals surface area contributed by atoms with Gasteiger partial charge in [-0.05, 0) is 18.2 Å². The molecule has 0 aliphatic heterocycles. The van der Waals surface area contributed by atoms with Gasteiger partial charge in [-0.1, -0.05) is 15.9 Å². The van der Waals surface area contributed by atoms with Crippen LogP contribution in [-0.4, -0.2) is 14.8 Å². The van der Waals surface area contributed by atoms with E-state index in [1.165, 1.54) is 17.1 Å². The molecule has 2 aromatic rings. The first-order valence-corrected chi connectivity index (χ1v) is 4.77. The number of rotatable bonds is 1. The van der Waals surface area contributed by atoms with E-state index in [0.29, 0.717) is 15.9 Å². The third kappa shape index (κ3) is 1.68. The minimum absolute atomic E-state index is 0.328. The lowest BCUT2D eigenvalue weighted by molar-refractivity contribution is 0.628. The van der Waals surface area contributed by atoms with E-state index < -0.39 is 0 Å². The summed E-state index contributed by atoms with van der Waals surface area (Å²) >= 11 is 3.19. The van der Waals surface area contributed by atoms with Crippen LogP contribution in [0.1, 0.15) is 0 Å². The highest BCUT2D eigenvalue weighted by Crippen LogP contribution is 2.22. The molecule has 5 heteroatoms. The van der Waals surface area contributed by atoms with Crippen molar-refractivity contribution in [3.8, 4) is 11.4 Å². The van der Waals surface area contributed by atoms with E-state index in [0.717, 1.165) is 0 Å². The molecule has 0 aliphatic rings. The topological polar surface area (TPSA) is 30.7 Å². The fourth-order valence-electron chi connectivity index (χ4n) is 1.13. The quantitative estimate of drug-likeness (QED) is 0.784. The van der Waals surface area contributed by atoms with Crippen molar-refractivity contribution in [3.05, 3.63) is 34.8 Å². The molecule has 1 aromatic carbocycles. The first-order chi connectivity index (χ1) is 6.66. The van der Waals surface area contributed by atoms with Crippen molar-refractivity contribution in [1.29, 1.82) is 0 Å². The molecule has 14 heavy (non-hydrogen) atoms. The second-order valence-corrected chi connectivity index (χ2v) is 3.78. The molecule has 0 unspecified atom stereocenters. The van der Waals surface area contributed by atoms with Crippen molar-refractivity contribution in [1.82, 2.24) is 14.8 Å². The van der Waals surface area contributed by atoms with Crippen LogP contribution in [0.5, 0.6) is 0 Å². The van der Waals surface area contributed by atoms with Crippen molar-refractivity contribution < 1.29 is 4.39 Å². The molecule has 3 nitrogen and oxygen atoms in total. The molecule has 0 amide bonds. The van der Waals surface area contributed by atoms with Gasteiger partial charge < -0.3 is 0 Å². The molecule has 0 saturated heterocycles. The van der Waals surface area contributed by atoms with Crippen LogP contribution >= 0.6 is 15.9 Å². The molecule has 1 heterocycles. The second-order valence-electron chi connectivity index (χ2n) is 2.87. The first-order valence-electron chi connectivity index (χ1n) is 3.98. The van der Waals surface area contributed by atoms with E-state index >= 15 is 0 Å². The van der Waals surface area contributed by atoms with Crippen molar-refractivity contribution in [2.45, 2.75) is 0 Å². The molecule has 0 aliphatic carbocycles. The Bertz CT molecular complexity index is 467. The molecule has 0 fully saturated rings. The summed E-state index contributed by atoms with van der Waals surface area (Å²) in [6.45, 7) is 0. The van der Waals surface area contributed by atoms with E-state index in [-0.39, 0.29) is 5.82 Å². The Labute approximate surface area is 88.7 Å². The van der Waals surface area contributed by atoms with Crippen LogP contribution < -0.4 is 0 Å². The van der Waals surface area contributed by atoms with Crippen LogP contribution in [0.3, 0.4) is 0 Å². The van der Waals surface area contributed by atoms with Crippen LogP contribution in [-0.2, 0) is 7.05 Å². The molecular weight excluding hydrogens is 249 g/mol. The molecule has 1 aromatic heterocycles. The summed E-state index contributed by atoms with van der Waals surface area (Å²) in [4.78, 5) is 3.97. The smallest absolute Gasteiger partial charge is 0.184 e. The molecule has 0 spiro atoms. The van der Waals surface area contributed by atoms with Gasteiger partial charge in [-0.25, -0.2) is 9.37 Å². The molecule has 0 saturated carbocycles. The van der Waals surface area contributed by atoms with Gasteiger partial charge in [-0.2, -0.15) is 5.10 Å². The summed E-state index contributed by atoms with van der Waals surface area (Å²) in [5.74, 6) is 0.0723. The van der Waals surface area contributed by atoms with Gasteiger partial charge in [-0.3, -0.25) is 4.68 Å². The highest BCUT2D eigenvalue weighted by molar-refractivity contribution is 9.10. The maximum absolute atomic E-state index is 13.4. The fourth-order valence-corrected chi connectivity index (χ4v) is 1.47. The molecule has 2 rings (SSSR count). The Kier molecular flexibility index (Phi) is 2.33. The SMILES string of the molecule is Cn1cnc(-c2ccc(Br)cc2F)n1. The zero-order chi connectivity index (χ0) is 10.1. The summed E-state index contributed by atoms with van der Waals surface area (Å²) in [5, 5.41) is 4.02. The van der Waals surface area contributed by atoms with Crippen molar-refractivity contribution in [2.24, 2.45) is 7.05 Å². The van der Waals surface area contributed by atoms with Crippen LogP contribution in [0.15, 0.2) is 29.0 Å². The van der Waals surface area contributed by atoms with Crippen LogP contribution in [0.4, 0.5) is 4.39 Å². The van der Waals surface area contributed by atoms with E-state index in [4.69, 9.17) is 0 Å². The number of hydrogen-bond acceptors (Lipinski definition) is 2. The summed E-state index contributed by atoms with van der Waals surface area (Å²) in [6.07, 6.45) is 1.54. The summed E-state index contributed by atoms with van der Waals surface area (Å²) < 4.78 is 15.7. The standard InChI is InChI=1S/C9H7BrFN3/c1-14-5-12-9(13-14)7-3-2-6(10)4-8(7)11/h2-5H,1H3. The molecular formula is C9H7BrFN3. The zero-order valence-electron chi connectivity index (χ0n) is 7.41. The molecule has 0 radical (unpaired) electrons. The van der Waals surface area contributed by atoms with E-state index in [1.54, 1.807) is 19.2 Å². The van der Waals surface area contributed by atoms with Crippen LogP contribution in [0, 0.1) is 5.82 Å². The summed E-state index contributed by atoms with van der Waals surface area (Å²) in [5.41, 5.74) is 0.411. The summed E-state index contributed by atoms with van der Waals surface area (Å²) in [7, 11) is 1.74. The zero-order valence-corrected chi connectivity index (χ0v) is 8.99. The number of aromatic nitrogens is 3. The van der Waals surface area contributed by atoms with Crippen LogP contribution in [0.2, 0.25) is 0 Å². The Balaban J connectivity index is 2.52. The third-order valence-corrected chi connectivity index (χ3v) is 2.26. The maximum Gasteiger partial charge on any atom is 0.184 e. The van der Waals surface area contributed by atoms with Crippen LogP contribution in [0.25, 0.3) is 11.4 Å². The molecule has 72 valence electrons. The monoisotopic (exact) mass is 255 g/mol. The minimum Gasteiger partial charge on any atom is -0.255 e.